The van der Waals surface area contributed by atoms with Crippen molar-refractivity contribution in [3.63, 3.8) is 0 Å². The van der Waals surface area contributed by atoms with Crippen LogP contribution in [-0.2, 0) is 20.9 Å². The average molecular weight is 399 g/mol. The van der Waals surface area contributed by atoms with Gasteiger partial charge in [-0.15, -0.1) is 10.2 Å². The first-order chi connectivity index (χ1) is 13.6. The number of carbonyl (C=O) groups is 2. The number of thioether (sulfide) groups is 1. The van der Waals surface area contributed by atoms with Crippen LogP contribution in [0.25, 0.3) is 0 Å². The maximum absolute atomic E-state index is 12.2. The number of nitrogens with one attached hydrogen (secondary N) is 1. The molecular weight excluding hydrogens is 378 g/mol. The van der Waals surface area contributed by atoms with E-state index >= 15 is 0 Å². The highest BCUT2D eigenvalue weighted by Crippen LogP contribution is 2.24. The van der Waals surface area contributed by atoms with E-state index in [1.165, 1.54) is 18.9 Å². The van der Waals surface area contributed by atoms with E-state index in [-0.39, 0.29) is 17.6 Å². The summed E-state index contributed by atoms with van der Waals surface area (Å²) in [5.74, 6) is 0.365. The number of amides is 1. The molecular formula is C19H21N5O3S. The van der Waals surface area contributed by atoms with Gasteiger partial charge < -0.3 is 14.6 Å². The third kappa shape index (κ3) is 4.66. The Hall–Kier alpha value is -2.94. The number of aliphatic imine (C=N–C) groups is 1. The zero-order valence-electron chi connectivity index (χ0n) is 15.7. The molecule has 1 aromatic heterocycles. The minimum atomic E-state index is -0.452. The Morgan fingerprint density at radius 3 is 2.71 bits per heavy atom. The second-order valence-electron chi connectivity index (χ2n) is 5.97. The molecule has 9 heteroatoms. The Kier molecular flexibility index (Phi) is 6.59. The summed E-state index contributed by atoms with van der Waals surface area (Å²) >= 11 is 1.34. The molecule has 2 aromatic rings. The van der Waals surface area contributed by atoms with Crippen molar-refractivity contribution in [1.29, 1.82) is 0 Å². The smallest absolute Gasteiger partial charge is 0.356 e. The van der Waals surface area contributed by atoms with E-state index in [1.807, 2.05) is 47.9 Å². The largest absolute Gasteiger partial charge is 0.464 e. The number of rotatable bonds is 7. The predicted octanol–water partition coefficient (Wildman–Crippen LogP) is 2.30. The standard InChI is InChI=1S/C19H21N5O3S/c1-3-24-17(13-9-10-15(20-11-13)18(26)27-2)22-23-19(24)28-12-16(25)21-14-7-5-4-6-8-14/h4-10,13H,3,11-12H2,1-2H3,(H,21,25). The molecule has 0 saturated carbocycles. The number of ether oxygens (including phenoxy) is 1. The summed E-state index contributed by atoms with van der Waals surface area (Å²) in [5, 5.41) is 12.0. The van der Waals surface area contributed by atoms with E-state index < -0.39 is 5.97 Å². The summed E-state index contributed by atoms with van der Waals surface area (Å²) in [6, 6.07) is 9.32. The zero-order chi connectivity index (χ0) is 19.9. The van der Waals surface area contributed by atoms with Gasteiger partial charge in [-0.2, -0.15) is 0 Å². The number of carbonyl (C=O) groups excluding carboxylic acids is 2. The molecule has 0 aliphatic carbocycles. The van der Waals surface area contributed by atoms with Crippen LogP contribution in [0, 0.1) is 0 Å². The molecule has 146 valence electrons. The number of dihydropyridines is 1. The van der Waals surface area contributed by atoms with Crippen molar-refractivity contribution in [2.24, 2.45) is 4.99 Å². The van der Waals surface area contributed by atoms with Crippen LogP contribution in [0.1, 0.15) is 18.7 Å². The lowest BCUT2D eigenvalue weighted by Gasteiger charge is -2.15. The lowest BCUT2D eigenvalue weighted by Crippen LogP contribution is -2.20. The fourth-order valence-electron chi connectivity index (χ4n) is 2.75. The molecule has 1 aliphatic heterocycles. The number of esters is 1. The van der Waals surface area contributed by atoms with Gasteiger partial charge in [-0.1, -0.05) is 36.0 Å². The molecule has 1 amide bonds. The van der Waals surface area contributed by atoms with Gasteiger partial charge in [0.2, 0.25) is 5.91 Å². The van der Waals surface area contributed by atoms with Crippen molar-refractivity contribution in [3.8, 4) is 0 Å². The quantitative estimate of drug-likeness (QED) is 0.567. The van der Waals surface area contributed by atoms with Crippen molar-refractivity contribution in [3.05, 3.63) is 48.3 Å². The summed E-state index contributed by atoms with van der Waals surface area (Å²) in [5.41, 5.74) is 1.06. The number of aromatic nitrogens is 3. The molecule has 28 heavy (non-hydrogen) atoms. The predicted molar refractivity (Wildman–Crippen MR) is 108 cm³/mol. The van der Waals surface area contributed by atoms with Gasteiger partial charge in [-0.3, -0.25) is 9.79 Å². The van der Waals surface area contributed by atoms with Gasteiger partial charge in [-0.25, -0.2) is 4.79 Å². The van der Waals surface area contributed by atoms with E-state index in [0.29, 0.717) is 24.0 Å². The molecule has 1 unspecified atom stereocenters. The molecule has 1 N–H and O–H groups in total. The van der Waals surface area contributed by atoms with Gasteiger partial charge in [0.1, 0.15) is 11.5 Å². The van der Waals surface area contributed by atoms with Crippen LogP contribution in [0.3, 0.4) is 0 Å². The second kappa shape index (κ2) is 9.32. The summed E-state index contributed by atoms with van der Waals surface area (Å²) < 4.78 is 6.65. The van der Waals surface area contributed by atoms with E-state index in [4.69, 9.17) is 0 Å². The number of hydrogen-bond donors (Lipinski definition) is 1. The van der Waals surface area contributed by atoms with Gasteiger partial charge in [0.15, 0.2) is 5.16 Å². The van der Waals surface area contributed by atoms with Crippen LogP contribution in [0.15, 0.2) is 52.6 Å². The Morgan fingerprint density at radius 1 is 1.29 bits per heavy atom. The highest BCUT2D eigenvalue weighted by molar-refractivity contribution is 7.99. The molecule has 8 nitrogen and oxygen atoms in total. The molecule has 1 aliphatic rings. The fraction of sp³-hybridized carbons (Fsp3) is 0.316. The number of nitrogens with zero attached hydrogens (tertiary/aromatic N) is 4. The lowest BCUT2D eigenvalue weighted by molar-refractivity contribution is -0.132. The van der Waals surface area contributed by atoms with Crippen LogP contribution in [0.4, 0.5) is 5.69 Å². The second-order valence-corrected chi connectivity index (χ2v) is 6.91. The Labute approximate surface area is 167 Å². The van der Waals surface area contributed by atoms with Crippen molar-refractivity contribution in [1.82, 2.24) is 14.8 Å². The monoisotopic (exact) mass is 399 g/mol. The van der Waals surface area contributed by atoms with E-state index in [0.717, 1.165) is 11.5 Å². The Morgan fingerprint density at radius 2 is 2.07 bits per heavy atom. The minimum absolute atomic E-state index is 0.0756. The molecule has 0 fully saturated rings. The molecule has 0 spiro atoms. The molecule has 2 heterocycles. The van der Waals surface area contributed by atoms with Crippen LogP contribution in [-0.4, -0.2) is 51.8 Å². The van der Waals surface area contributed by atoms with Crippen molar-refractivity contribution in [2.75, 3.05) is 24.7 Å². The SMILES string of the molecule is CCn1c(SCC(=O)Nc2ccccc2)nnc1C1C=CC(C(=O)OC)=NC1. The number of anilines is 1. The number of benzene rings is 1. The summed E-state index contributed by atoms with van der Waals surface area (Å²) in [4.78, 5) is 28.0. The van der Waals surface area contributed by atoms with E-state index in [9.17, 15) is 9.59 Å². The van der Waals surface area contributed by atoms with E-state index in [2.05, 4.69) is 25.2 Å². The maximum Gasteiger partial charge on any atom is 0.356 e. The minimum Gasteiger partial charge on any atom is -0.464 e. The fourth-order valence-corrected chi connectivity index (χ4v) is 3.56. The maximum atomic E-state index is 12.2. The van der Waals surface area contributed by atoms with Crippen molar-refractivity contribution < 1.29 is 14.3 Å². The summed E-state index contributed by atoms with van der Waals surface area (Å²) in [6.07, 6.45) is 3.53. The summed E-state index contributed by atoms with van der Waals surface area (Å²) in [7, 11) is 1.33. The molecule has 0 saturated heterocycles. The third-order valence-electron chi connectivity index (χ3n) is 4.12. The lowest BCUT2D eigenvalue weighted by atomic mass is 10.0. The molecule has 1 aromatic carbocycles. The first-order valence-corrected chi connectivity index (χ1v) is 9.82. The highest BCUT2D eigenvalue weighted by Gasteiger charge is 2.23. The number of methoxy groups -OCH3 is 1. The van der Waals surface area contributed by atoms with Crippen LogP contribution < -0.4 is 5.32 Å². The molecule has 3 rings (SSSR count). The van der Waals surface area contributed by atoms with Crippen molar-refractivity contribution >= 4 is 35.0 Å². The van der Waals surface area contributed by atoms with Gasteiger partial charge >= 0.3 is 5.97 Å². The topological polar surface area (TPSA) is 98.5 Å². The van der Waals surface area contributed by atoms with Gasteiger partial charge in [0, 0.05) is 12.2 Å². The average Bonchev–Trinajstić information content (AvgIpc) is 3.15. The Balaban J connectivity index is 1.63. The molecule has 1 atom stereocenters. The highest BCUT2D eigenvalue weighted by atomic mass is 32.2. The first kappa shape index (κ1) is 19.8. The molecule has 0 bridgehead atoms. The van der Waals surface area contributed by atoms with Gasteiger partial charge in [0.05, 0.1) is 25.3 Å². The zero-order valence-corrected chi connectivity index (χ0v) is 16.5. The number of hydrogen-bond acceptors (Lipinski definition) is 7. The van der Waals surface area contributed by atoms with Crippen LogP contribution >= 0.6 is 11.8 Å². The first-order valence-electron chi connectivity index (χ1n) is 8.84. The van der Waals surface area contributed by atoms with Gasteiger partial charge in [-0.05, 0) is 25.1 Å². The molecule has 0 radical (unpaired) electrons. The van der Waals surface area contributed by atoms with Gasteiger partial charge in [0.25, 0.3) is 0 Å². The third-order valence-corrected chi connectivity index (χ3v) is 5.09. The summed E-state index contributed by atoms with van der Waals surface area (Å²) in [6.45, 7) is 3.07. The van der Waals surface area contributed by atoms with Crippen LogP contribution in [0.5, 0.6) is 0 Å². The van der Waals surface area contributed by atoms with Crippen LogP contribution in [0.2, 0.25) is 0 Å². The Bertz CT molecular complexity index is 908. The number of para-hydroxylation sites is 1. The van der Waals surface area contributed by atoms with E-state index in [1.54, 1.807) is 6.08 Å². The van der Waals surface area contributed by atoms with Crippen molar-refractivity contribution in [2.45, 2.75) is 24.5 Å². The normalized spacial score (nSPS) is 15.8.